The molecule has 0 fully saturated rings. The minimum Gasteiger partial charge on any atom is -0.497 e. The Bertz CT molecular complexity index is 1200. The summed E-state index contributed by atoms with van der Waals surface area (Å²) in [6, 6.07) is 14.8. The molecule has 3 rings (SSSR count). The predicted molar refractivity (Wildman–Crippen MR) is 120 cm³/mol. The SMILES string of the molecule is COc1ccc(NC(=O)c2ccc(Cl)cc2NS(=O)(=O)c2ccc(Cl)c(Cl)c2)cc1. The number of benzene rings is 3. The van der Waals surface area contributed by atoms with E-state index in [2.05, 4.69) is 10.0 Å². The molecule has 0 heterocycles. The number of halogens is 3. The third kappa shape index (κ3) is 5.17. The van der Waals surface area contributed by atoms with Crippen LogP contribution in [0.25, 0.3) is 0 Å². The zero-order valence-electron chi connectivity index (χ0n) is 15.4. The second kappa shape index (κ2) is 9.14. The molecule has 156 valence electrons. The van der Waals surface area contributed by atoms with Crippen molar-refractivity contribution in [3.8, 4) is 5.75 Å². The van der Waals surface area contributed by atoms with Gasteiger partial charge < -0.3 is 10.1 Å². The van der Waals surface area contributed by atoms with Crippen LogP contribution < -0.4 is 14.8 Å². The average Bonchev–Trinajstić information content (AvgIpc) is 2.70. The van der Waals surface area contributed by atoms with Gasteiger partial charge >= 0.3 is 0 Å². The highest BCUT2D eigenvalue weighted by molar-refractivity contribution is 7.92. The summed E-state index contributed by atoms with van der Waals surface area (Å²) in [6.45, 7) is 0. The minimum atomic E-state index is -4.06. The van der Waals surface area contributed by atoms with Gasteiger partial charge in [-0.25, -0.2) is 8.42 Å². The van der Waals surface area contributed by atoms with Crippen LogP contribution in [0.2, 0.25) is 15.1 Å². The molecule has 0 saturated heterocycles. The molecule has 0 bridgehead atoms. The van der Waals surface area contributed by atoms with Gasteiger partial charge in [-0.05, 0) is 60.7 Å². The van der Waals surface area contributed by atoms with Crippen molar-refractivity contribution in [3.05, 3.63) is 81.3 Å². The standard InChI is InChI=1S/C20H15Cl3N2O4S/c1-29-14-5-3-13(4-6-14)24-20(26)16-8-2-12(21)10-19(16)25-30(27,28)15-7-9-17(22)18(23)11-15/h2-11,25H,1H3,(H,24,26). The van der Waals surface area contributed by atoms with Gasteiger partial charge in [-0.15, -0.1) is 0 Å². The molecule has 30 heavy (non-hydrogen) atoms. The first-order valence-electron chi connectivity index (χ1n) is 8.42. The van der Waals surface area contributed by atoms with Crippen molar-refractivity contribution >= 4 is 62.1 Å². The number of hydrogen-bond donors (Lipinski definition) is 2. The van der Waals surface area contributed by atoms with Gasteiger partial charge in [-0.3, -0.25) is 9.52 Å². The van der Waals surface area contributed by atoms with Gasteiger partial charge in [0.05, 0.1) is 33.3 Å². The Morgan fingerprint density at radius 3 is 2.23 bits per heavy atom. The maximum Gasteiger partial charge on any atom is 0.261 e. The molecule has 6 nitrogen and oxygen atoms in total. The summed E-state index contributed by atoms with van der Waals surface area (Å²) in [5, 5.41) is 3.26. The molecule has 0 aliphatic rings. The first-order valence-corrected chi connectivity index (χ1v) is 11.0. The lowest BCUT2D eigenvalue weighted by Gasteiger charge is -2.14. The van der Waals surface area contributed by atoms with Gasteiger partial charge in [0.1, 0.15) is 5.75 Å². The largest absolute Gasteiger partial charge is 0.497 e. The van der Waals surface area contributed by atoms with E-state index < -0.39 is 15.9 Å². The van der Waals surface area contributed by atoms with E-state index in [4.69, 9.17) is 39.5 Å². The molecule has 3 aromatic carbocycles. The highest BCUT2D eigenvalue weighted by Gasteiger charge is 2.20. The van der Waals surface area contributed by atoms with Crippen molar-refractivity contribution in [1.82, 2.24) is 0 Å². The van der Waals surface area contributed by atoms with E-state index >= 15 is 0 Å². The summed E-state index contributed by atoms with van der Waals surface area (Å²) >= 11 is 17.8. The van der Waals surface area contributed by atoms with Crippen LogP contribution in [0.15, 0.2) is 65.6 Å². The smallest absolute Gasteiger partial charge is 0.261 e. The molecule has 3 aromatic rings. The molecule has 0 atom stereocenters. The van der Waals surface area contributed by atoms with Crippen LogP contribution in [-0.2, 0) is 10.0 Å². The van der Waals surface area contributed by atoms with Crippen LogP contribution >= 0.6 is 34.8 Å². The second-order valence-corrected chi connectivity index (χ2v) is 8.99. The fourth-order valence-electron chi connectivity index (χ4n) is 2.52. The molecule has 1 amide bonds. The molecule has 10 heteroatoms. The highest BCUT2D eigenvalue weighted by atomic mass is 35.5. The molecular formula is C20H15Cl3N2O4S. The molecule has 0 aromatic heterocycles. The highest BCUT2D eigenvalue weighted by Crippen LogP contribution is 2.28. The number of anilines is 2. The quantitative estimate of drug-likeness (QED) is 0.468. The van der Waals surface area contributed by atoms with Crippen molar-refractivity contribution in [2.75, 3.05) is 17.1 Å². The molecular weight excluding hydrogens is 471 g/mol. The van der Waals surface area contributed by atoms with Crippen molar-refractivity contribution in [2.45, 2.75) is 4.90 Å². The molecule has 0 aliphatic carbocycles. The Kier molecular flexibility index (Phi) is 6.77. The summed E-state index contributed by atoms with van der Waals surface area (Å²) in [5.41, 5.74) is 0.604. The first kappa shape index (κ1) is 22.2. The van der Waals surface area contributed by atoms with Gasteiger partial charge in [-0.1, -0.05) is 34.8 Å². The second-order valence-electron chi connectivity index (χ2n) is 6.05. The maximum absolute atomic E-state index is 12.8. The normalized spacial score (nSPS) is 11.1. The lowest BCUT2D eigenvalue weighted by Crippen LogP contribution is -2.18. The Balaban J connectivity index is 1.90. The molecule has 0 unspecified atom stereocenters. The van der Waals surface area contributed by atoms with E-state index in [-0.39, 0.29) is 31.2 Å². The van der Waals surface area contributed by atoms with Gasteiger partial charge in [0.25, 0.3) is 15.9 Å². The summed E-state index contributed by atoms with van der Waals surface area (Å²) in [5.74, 6) is 0.109. The number of amides is 1. The lowest BCUT2D eigenvalue weighted by atomic mass is 10.1. The fraction of sp³-hybridized carbons (Fsp3) is 0.0500. The number of nitrogens with one attached hydrogen (secondary N) is 2. The predicted octanol–water partition coefficient (Wildman–Crippen LogP) is 5.71. The number of carbonyl (C=O) groups excluding carboxylic acids is 1. The van der Waals surface area contributed by atoms with E-state index in [0.717, 1.165) is 0 Å². The number of hydrogen-bond acceptors (Lipinski definition) is 4. The van der Waals surface area contributed by atoms with E-state index in [9.17, 15) is 13.2 Å². The minimum absolute atomic E-state index is 0.0135. The Labute approximate surface area is 188 Å². The number of methoxy groups -OCH3 is 1. The zero-order valence-corrected chi connectivity index (χ0v) is 18.5. The van der Waals surface area contributed by atoms with E-state index in [1.54, 1.807) is 24.3 Å². The van der Waals surface area contributed by atoms with Crippen LogP contribution in [0.4, 0.5) is 11.4 Å². The molecule has 2 N–H and O–H groups in total. The first-order chi connectivity index (χ1) is 14.2. The van der Waals surface area contributed by atoms with Crippen molar-refractivity contribution in [1.29, 1.82) is 0 Å². The summed E-state index contributed by atoms with van der Waals surface area (Å²) in [6.07, 6.45) is 0. The van der Waals surface area contributed by atoms with Crippen LogP contribution in [0.3, 0.4) is 0 Å². The number of sulfonamides is 1. The average molecular weight is 486 g/mol. The maximum atomic E-state index is 12.8. The van der Waals surface area contributed by atoms with E-state index in [1.807, 2.05) is 0 Å². The van der Waals surface area contributed by atoms with Crippen LogP contribution in [0.1, 0.15) is 10.4 Å². The van der Waals surface area contributed by atoms with Gasteiger partial charge in [0.15, 0.2) is 0 Å². The third-order valence-corrected chi connectivity index (χ3v) is 6.36. The van der Waals surface area contributed by atoms with Crippen molar-refractivity contribution in [2.24, 2.45) is 0 Å². The molecule has 0 saturated carbocycles. The number of carbonyl (C=O) groups is 1. The number of rotatable bonds is 6. The zero-order chi connectivity index (χ0) is 21.9. The van der Waals surface area contributed by atoms with Crippen LogP contribution in [0, 0.1) is 0 Å². The molecule has 0 spiro atoms. The van der Waals surface area contributed by atoms with Crippen LogP contribution in [0.5, 0.6) is 5.75 Å². The Hall–Kier alpha value is -2.45. The van der Waals surface area contributed by atoms with Crippen LogP contribution in [-0.4, -0.2) is 21.4 Å². The van der Waals surface area contributed by atoms with Gasteiger partial charge in [0, 0.05) is 10.7 Å². The van der Waals surface area contributed by atoms with Crippen molar-refractivity contribution < 1.29 is 17.9 Å². The summed E-state index contributed by atoms with van der Waals surface area (Å²) in [4.78, 5) is 12.7. The van der Waals surface area contributed by atoms with E-state index in [1.165, 1.54) is 43.5 Å². The fourth-order valence-corrected chi connectivity index (χ4v) is 4.15. The van der Waals surface area contributed by atoms with Gasteiger partial charge in [-0.2, -0.15) is 0 Å². The van der Waals surface area contributed by atoms with E-state index in [0.29, 0.717) is 11.4 Å². The summed E-state index contributed by atoms with van der Waals surface area (Å²) < 4.78 is 33.0. The lowest BCUT2D eigenvalue weighted by molar-refractivity contribution is 0.102. The van der Waals surface area contributed by atoms with Crippen molar-refractivity contribution in [3.63, 3.8) is 0 Å². The molecule has 0 aliphatic heterocycles. The Morgan fingerprint density at radius 2 is 1.60 bits per heavy atom. The molecule has 0 radical (unpaired) electrons. The number of ether oxygens (including phenoxy) is 1. The summed E-state index contributed by atoms with van der Waals surface area (Å²) in [7, 11) is -2.52. The third-order valence-electron chi connectivity index (χ3n) is 4.02. The Morgan fingerprint density at radius 1 is 0.900 bits per heavy atom. The van der Waals surface area contributed by atoms with Gasteiger partial charge in [0.2, 0.25) is 0 Å². The monoisotopic (exact) mass is 484 g/mol. The topological polar surface area (TPSA) is 84.5 Å².